The van der Waals surface area contributed by atoms with E-state index in [1.54, 1.807) is 12.1 Å². The van der Waals surface area contributed by atoms with Crippen molar-refractivity contribution >= 4 is 47.6 Å². The zero-order valence-electron chi connectivity index (χ0n) is 10.0. The molecule has 0 aromatic heterocycles. The molecule has 0 aliphatic carbocycles. The lowest BCUT2D eigenvalue weighted by atomic mass is 10.1. The molecular weight excluding hydrogens is 398 g/mol. The van der Waals surface area contributed by atoms with E-state index >= 15 is 0 Å². The van der Waals surface area contributed by atoms with Crippen LogP contribution in [0.4, 0.5) is 0 Å². The quantitative estimate of drug-likeness (QED) is 0.814. The Labute approximate surface area is 129 Å². The molecule has 0 bridgehead atoms. The molecule has 19 heavy (non-hydrogen) atoms. The van der Waals surface area contributed by atoms with Crippen molar-refractivity contribution in [1.29, 1.82) is 0 Å². The van der Waals surface area contributed by atoms with Crippen LogP contribution in [0.1, 0.15) is 23.2 Å². The van der Waals surface area contributed by atoms with Gasteiger partial charge in [-0.1, -0.05) is 31.9 Å². The molecule has 1 heterocycles. The van der Waals surface area contributed by atoms with Crippen LogP contribution in [0.2, 0.25) is 0 Å². The zero-order valence-corrected chi connectivity index (χ0v) is 14.0. The molecule has 0 unspecified atom stereocenters. The summed E-state index contributed by atoms with van der Waals surface area (Å²) in [5, 5.41) is 2.88. The van der Waals surface area contributed by atoms with Gasteiger partial charge in [0.2, 0.25) is 0 Å². The number of amides is 1. The van der Waals surface area contributed by atoms with Crippen molar-refractivity contribution in [2.75, 3.05) is 11.5 Å². The molecule has 2 rings (SSSR count). The van der Waals surface area contributed by atoms with Crippen LogP contribution in [-0.2, 0) is 9.84 Å². The largest absolute Gasteiger partial charge is 0.349 e. The van der Waals surface area contributed by atoms with E-state index in [1.807, 2.05) is 6.07 Å². The Bertz CT molecular complexity index is 567. The van der Waals surface area contributed by atoms with Crippen molar-refractivity contribution in [2.24, 2.45) is 0 Å². The summed E-state index contributed by atoms with van der Waals surface area (Å²) < 4.78 is 24.3. The Morgan fingerprint density at radius 1 is 1.11 bits per heavy atom. The molecule has 0 atom stereocenters. The number of nitrogens with one attached hydrogen (secondary N) is 1. The minimum Gasteiger partial charge on any atom is -0.349 e. The maximum Gasteiger partial charge on any atom is 0.251 e. The second-order valence-electron chi connectivity index (χ2n) is 4.56. The second kappa shape index (κ2) is 5.93. The van der Waals surface area contributed by atoms with E-state index in [9.17, 15) is 13.2 Å². The van der Waals surface area contributed by atoms with Gasteiger partial charge in [-0.3, -0.25) is 4.79 Å². The number of sulfone groups is 1. The standard InChI is InChI=1S/C12H13Br2NO3S/c13-9-5-8(6-10(14)7-9)12(16)15-11-1-3-19(17,18)4-2-11/h5-7,11H,1-4H2,(H,15,16). The number of hydrogen-bond donors (Lipinski definition) is 1. The van der Waals surface area contributed by atoms with Gasteiger partial charge in [-0.25, -0.2) is 8.42 Å². The van der Waals surface area contributed by atoms with Crippen molar-refractivity contribution in [3.63, 3.8) is 0 Å². The predicted molar refractivity (Wildman–Crippen MR) is 81.0 cm³/mol. The normalized spacial score (nSPS) is 19.1. The Hall–Kier alpha value is -0.400. The van der Waals surface area contributed by atoms with Crippen LogP contribution < -0.4 is 5.32 Å². The molecular formula is C12H13Br2NO3S. The van der Waals surface area contributed by atoms with Gasteiger partial charge in [0, 0.05) is 20.6 Å². The van der Waals surface area contributed by atoms with Crippen LogP contribution in [0.25, 0.3) is 0 Å². The highest BCUT2D eigenvalue weighted by Gasteiger charge is 2.25. The van der Waals surface area contributed by atoms with E-state index in [4.69, 9.17) is 0 Å². The van der Waals surface area contributed by atoms with E-state index in [-0.39, 0.29) is 23.5 Å². The highest BCUT2D eigenvalue weighted by atomic mass is 79.9. The zero-order chi connectivity index (χ0) is 14.0. The third-order valence-electron chi connectivity index (χ3n) is 3.01. The number of benzene rings is 1. The van der Waals surface area contributed by atoms with Crippen molar-refractivity contribution in [1.82, 2.24) is 5.32 Å². The Morgan fingerprint density at radius 3 is 2.16 bits per heavy atom. The molecule has 0 radical (unpaired) electrons. The fourth-order valence-electron chi connectivity index (χ4n) is 1.99. The topological polar surface area (TPSA) is 63.2 Å². The van der Waals surface area contributed by atoms with E-state index in [2.05, 4.69) is 37.2 Å². The first-order valence-electron chi connectivity index (χ1n) is 5.83. The third kappa shape index (κ3) is 4.29. The molecule has 1 N–H and O–H groups in total. The minimum absolute atomic E-state index is 0.0613. The van der Waals surface area contributed by atoms with Gasteiger partial charge in [0.05, 0.1) is 11.5 Å². The van der Waals surface area contributed by atoms with Gasteiger partial charge < -0.3 is 5.32 Å². The lowest BCUT2D eigenvalue weighted by Crippen LogP contribution is -2.40. The molecule has 7 heteroatoms. The van der Waals surface area contributed by atoms with E-state index in [0.29, 0.717) is 18.4 Å². The fraction of sp³-hybridized carbons (Fsp3) is 0.417. The van der Waals surface area contributed by atoms with Gasteiger partial charge >= 0.3 is 0 Å². The Balaban J connectivity index is 2.02. The highest BCUT2D eigenvalue weighted by molar-refractivity contribution is 9.11. The van der Waals surface area contributed by atoms with Gasteiger partial charge in [0.15, 0.2) is 0 Å². The number of hydrogen-bond acceptors (Lipinski definition) is 3. The number of carbonyl (C=O) groups excluding carboxylic acids is 1. The first kappa shape index (κ1) is 15.0. The van der Waals surface area contributed by atoms with Gasteiger partial charge in [0.1, 0.15) is 9.84 Å². The molecule has 104 valence electrons. The summed E-state index contributed by atoms with van der Waals surface area (Å²) >= 11 is 6.66. The van der Waals surface area contributed by atoms with Gasteiger partial charge in [-0.05, 0) is 31.0 Å². The lowest BCUT2D eigenvalue weighted by molar-refractivity contribution is 0.0934. The van der Waals surface area contributed by atoms with Crippen molar-refractivity contribution in [3.05, 3.63) is 32.7 Å². The summed E-state index contributed by atoms with van der Waals surface area (Å²) in [5.41, 5.74) is 0.551. The average molecular weight is 411 g/mol. The minimum atomic E-state index is -2.90. The summed E-state index contributed by atoms with van der Waals surface area (Å²) in [6.07, 6.45) is 0.979. The van der Waals surface area contributed by atoms with Crippen LogP contribution >= 0.6 is 31.9 Å². The molecule has 1 aliphatic heterocycles. The van der Waals surface area contributed by atoms with Gasteiger partial charge in [-0.2, -0.15) is 0 Å². The molecule has 1 aromatic carbocycles. The molecule has 4 nitrogen and oxygen atoms in total. The van der Waals surface area contributed by atoms with E-state index in [1.165, 1.54) is 0 Å². The maximum atomic E-state index is 12.1. The lowest BCUT2D eigenvalue weighted by Gasteiger charge is -2.23. The van der Waals surface area contributed by atoms with E-state index < -0.39 is 9.84 Å². The van der Waals surface area contributed by atoms with Crippen molar-refractivity contribution < 1.29 is 13.2 Å². The summed E-state index contributed by atoms with van der Waals surface area (Å²) in [4.78, 5) is 12.1. The predicted octanol–water partition coefficient (Wildman–Crippen LogP) is 2.52. The molecule has 1 aromatic rings. The summed E-state index contributed by atoms with van der Waals surface area (Å²) in [6, 6.07) is 5.26. The van der Waals surface area contributed by atoms with Crippen LogP contribution in [0, 0.1) is 0 Å². The smallest absolute Gasteiger partial charge is 0.251 e. The van der Waals surface area contributed by atoms with Crippen molar-refractivity contribution in [3.8, 4) is 0 Å². The third-order valence-corrected chi connectivity index (χ3v) is 5.65. The van der Waals surface area contributed by atoms with Crippen LogP contribution in [0.15, 0.2) is 27.1 Å². The molecule has 1 aliphatic rings. The number of carbonyl (C=O) groups is 1. The first-order valence-corrected chi connectivity index (χ1v) is 9.24. The molecule has 0 spiro atoms. The summed E-state index contributed by atoms with van der Waals surface area (Å²) in [6.45, 7) is 0. The molecule has 0 saturated carbocycles. The molecule has 1 amide bonds. The van der Waals surface area contributed by atoms with Gasteiger partial charge in [-0.15, -0.1) is 0 Å². The summed E-state index contributed by atoms with van der Waals surface area (Å²) in [7, 11) is -2.90. The first-order chi connectivity index (χ1) is 8.85. The van der Waals surface area contributed by atoms with Gasteiger partial charge in [0.25, 0.3) is 5.91 Å². The Morgan fingerprint density at radius 2 is 1.63 bits per heavy atom. The molecule has 1 saturated heterocycles. The van der Waals surface area contributed by atoms with Crippen LogP contribution in [0.3, 0.4) is 0 Å². The van der Waals surface area contributed by atoms with Crippen LogP contribution in [0.5, 0.6) is 0 Å². The molecule has 1 fully saturated rings. The average Bonchev–Trinajstić information content (AvgIpc) is 2.30. The Kier molecular flexibility index (Phi) is 4.68. The number of rotatable bonds is 2. The number of halogens is 2. The van der Waals surface area contributed by atoms with E-state index in [0.717, 1.165) is 8.95 Å². The maximum absolute atomic E-state index is 12.1. The highest BCUT2D eigenvalue weighted by Crippen LogP contribution is 2.20. The fourth-order valence-corrected chi connectivity index (χ4v) is 4.77. The van der Waals surface area contributed by atoms with Crippen molar-refractivity contribution in [2.45, 2.75) is 18.9 Å². The second-order valence-corrected chi connectivity index (χ2v) is 8.69. The SMILES string of the molecule is O=C(NC1CCS(=O)(=O)CC1)c1cc(Br)cc(Br)c1. The monoisotopic (exact) mass is 409 g/mol. The van der Waals surface area contributed by atoms with Crippen LogP contribution in [-0.4, -0.2) is 31.9 Å². The summed E-state index contributed by atoms with van der Waals surface area (Å²) in [5.74, 6) is 0.131.